The molecule has 1 aliphatic carbocycles. The minimum absolute atomic E-state index is 0.0536. The van der Waals surface area contributed by atoms with E-state index in [9.17, 15) is 4.39 Å². The van der Waals surface area contributed by atoms with Crippen molar-refractivity contribution in [1.82, 2.24) is 5.32 Å². The Morgan fingerprint density at radius 2 is 2.05 bits per heavy atom. The molecule has 3 heteroatoms. The Kier molecular flexibility index (Phi) is 4.95. The van der Waals surface area contributed by atoms with Gasteiger partial charge in [0.2, 0.25) is 0 Å². The molecule has 0 bridgehead atoms. The van der Waals surface area contributed by atoms with E-state index >= 15 is 0 Å². The monoisotopic (exact) mass is 305 g/mol. The molecule has 1 nitrogen and oxygen atoms in total. The maximum Gasteiger partial charge on any atom is 0.123 e. The highest BCUT2D eigenvalue weighted by Gasteiger charge is 2.51. The van der Waals surface area contributed by atoms with Crippen LogP contribution in [0.5, 0.6) is 0 Å². The highest BCUT2D eigenvalue weighted by atomic mass is 32.2. The summed E-state index contributed by atoms with van der Waals surface area (Å²) in [6, 6.07) is 6.57. The molecule has 0 radical (unpaired) electrons. The summed E-state index contributed by atoms with van der Waals surface area (Å²) in [5.41, 5.74) is 1.04. The van der Waals surface area contributed by atoms with Crippen molar-refractivity contribution in [3.05, 3.63) is 54.9 Å². The first kappa shape index (κ1) is 16.3. The van der Waals surface area contributed by atoms with E-state index in [2.05, 4.69) is 31.5 Å². The molecule has 2 atom stereocenters. The summed E-state index contributed by atoms with van der Waals surface area (Å²) in [7, 11) is 2.04. The molecule has 1 aromatic carbocycles. The summed E-state index contributed by atoms with van der Waals surface area (Å²) in [6.45, 7) is 10.5. The van der Waals surface area contributed by atoms with Gasteiger partial charge in [-0.15, -0.1) is 18.3 Å². The number of rotatable bonds is 6. The van der Waals surface area contributed by atoms with Crippen LogP contribution in [0.15, 0.2) is 43.5 Å². The fourth-order valence-corrected chi connectivity index (χ4v) is 5.06. The summed E-state index contributed by atoms with van der Waals surface area (Å²) in [5, 5.41) is 3.54. The molecule has 0 spiro atoms. The van der Waals surface area contributed by atoms with Gasteiger partial charge in [-0.25, -0.2) is 4.39 Å². The van der Waals surface area contributed by atoms with Crippen LogP contribution in [0.25, 0.3) is 4.91 Å². The van der Waals surface area contributed by atoms with Crippen LogP contribution in [0.3, 0.4) is 0 Å². The van der Waals surface area contributed by atoms with Gasteiger partial charge >= 0.3 is 0 Å². The van der Waals surface area contributed by atoms with Crippen molar-refractivity contribution in [2.75, 3.05) is 7.05 Å². The van der Waals surface area contributed by atoms with E-state index in [4.69, 9.17) is 0 Å². The molecule has 21 heavy (non-hydrogen) atoms. The van der Waals surface area contributed by atoms with Crippen molar-refractivity contribution >= 4 is 16.7 Å². The standard InChI is InChI=1S/C18H24FNS/c1-5-17(20-4)12-7-13-18(17,6-2)21-14(3)15-8-10-16(19)11-9-15/h6,8-11,20H,2-3,5,7,12-13H2,1,4H3. The van der Waals surface area contributed by atoms with Gasteiger partial charge in [0.05, 0.1) is 4.75 Å². The molecule has 0 aliphatic heterocycles. The third-order valence-electron chi connectivity index (χ3n) is 4.85. The zero-order chi connectivity index (χ0) is 15.5. The van der Waals surface area contributed by atoms with E-state index in [0.29, 0.717) is 0 Å². The molecule has 0 saturated heterocycles. The quantitative estimate of drug-likeness (QED) is 0.742. The largest absolute Gasteiger partial charge is 0.313 e. The zero-order valence-electron chi connectivity index (χ0n) is 12.9. The second kappa shape index (κ2) is 6.37. The minimum Gasteiger partial charge on any atom is -0.313 e. The molecule has 0 amide bonds. The lowest BCUT2D eigenvalue weighted by atomic mass is 9.83. The molecule has 2 unspecified atom stereocenters. The average molecular weight is 305 g/mol. The van der Waals surface area contributed by atoms with Crippen LogP contribution in [-0.4, -0.2) is 17.3 Å². The van der Waals surface area contributed by atoms with Gasteiger partial charge in [0, 0.05) is 10.4 Å². The Morgan fingerprint density at radius 3 is 2.57 bits per heavy atom. The Hall–Kier alpha value is -1.06. The van der Waals surface area contributed by atoms with Crippen LogP contribution in [0.1, 0.15) is 38.2 Å². The summed E-state index contributed by atoms with van der Waals surface area (Å²) in [4.78, 5) is 0.977. The van der Waals surface area contributed by atoms with Gasteiger partial charge in [0.15, 0.2) is 0 Å². The molecule has 114 valence electrons. The maximum atomic E-state index is 13.1. The number of hydrogen-bond acceptors (Lipinski definition) is 2. The van der Waals surface area contributed by atoms with Gasteiger partial charge in [-0.2, -0.15) is 0 Å². The molecular weight excluding hydrogens is 281 g/mol. The fraction of sp³-hybridized carbons (Fsp3) is 0.444. The van der Waals surface area contributed by atoms with E-state index in [0.717, 1.165) is 29.7 Å². The Morgan fingerprint density at radius 1 is 1.38 bits per heavy atom. The smallest absolute Gasteiger partial charge is 0.123 e. The first-order valence-electron chi connectivity index (χ1n) is 7.49. The van der Waals surface area contributed by atoms with Crippen molar-refractivity contribution in [2.24, 2.45) is 0 Å². The highest BCUT2D eigenvalue weighted by Crippen LogP contribution is 2.54. The third-order valence-corrected chi connectivity index (χ3v) is 6.45. The van der Waals surface area contributed by atoms with Gasteiger partial charge in [-0.05, 0) is 50.4 Å². The van der Waals surface area contributed by atoms with Crippen LogP contribution in [0.4, 0.5) is 4.39 Å². The normalized spacial score (nSPS) is 28.5. The number of benzene rings is 1. The Bertz CT molecular complexity index is 519. The van der Waals surface area contributed by atoms with Crippen LogP contribution in [0, 0.1) is 5.82 Å². The molecule has 1 aromatic rings. The molecule has 1 aliphatic rings. The lowest BCUT2D eigenvalue weighted by molar-refractivity contribution is 0.316. The topological polar surface area (TPSA) is 12.0 Å². The predicted octanol–water partition coefficient (Wildman–Crippen LogP) is 5.01. The Labute approximate surface area is 131 Å². The van der Waals surface area contributed by atoms with Gasteiger partial charge in [0.25, 0.3) is 0 Å². The first-order chi connectivity index (χ1) is 10.0. The van der Waals surface area contributed by atoms with Crippen molar-refractivity contribution in [2.45, 2.75) is 42.9 Å². The van der Waals surface area contributed by atoms with E-state index < -0.39 is 0 Å². The number of hydrogen-bond donors (Lipinski definition) is 1. The van der Waals surface area contributed by atoms with E-state index in [-0.39, 0.29) is 16.1 Å². The van der Waals surface area contributed by atoms with E-state index in [1.54, 1.807) is 23.9 Å². The van der Waals surface area contributed by atoms with Gasteiger partial charge in [-0.3, -0.25) is 0 Å². The molecule has 1 N–H and O–H groups in total. The van der Waals surface area contributed by atoms with E-state index in [1.165, 1.54) is 18.6 Å². The second-order valence-corrected chi connectivity index (χ2v) is 7.09. The molecular formula is C18H24FNS. The van der Waals surface area contributed by atoms with Crippen molar-refractivity contribution in [3.63, 3.8) is 0 Å². The van der Waals surface area contributed by atoms with Crippen LogP contribution in [-0.2, 0) is 0 Å². The van der Waals surface area contributed by atoms with E-state index in [1.807, 2.05) is 7.05 Å². The first-order valence-corrected chi connectivity index (χ1v) is 8.30. The van der Waals surface area contributed by atoms with Crippen LogP contribution in [0.2, 0.25) is 0 Å². The second-order valence-electron chi connectivity index (χ2n) is 5.66. The van der Waals surface area contributed by atoms with Gasteiger partial charge in [0.1, 0.15) is 5.82 Å². The van der Waals surface area contributed by atoms with Crippen molar-refractivity contribution in [1.29, 1.82) is 0 Å². The zero-order valence-corrected chi connectivity index (χ0v) is 13.7. The average Bonchev–Trinajstić information content (AvgIpc) is 2.87. The Balaban J connectivity index is 2.28. The number of thioether (sulfide) groups is 1. The summed E-state index contributed by atoms with van der Waals surface area (Å²) < 4.78 is 13.0. The molecule has 1 fully saturated rings. The summed E-state index contributed by atoms with van der Waals surface area (Å²) in [6.07, 6.45) is 6.56. The highest BCUT2D eigenvalue weighted by molar-refractivity contribution is 8.09. The molecule has 2 rings (SSSR count). The predicted molar refractivity (Wildman–Crippen MR) is 91.9 cm³/mol. The lowest BCUT2D eigenvalue weighted by Gasteiger charge is -2.44. The van der Waals surface area contributed by atoms with Gasteiger partial charge < -0.3 is 5.32 Å². The van der Waals surface area contributed by atoms with Crippen LogP contribution < -0.4 is 5.32 Å². The minimum atomic E-state index is -0.214. The fourth-order valence-electron chi connectivity index (χ4n) is 3.50. The third kappa shape index (κ3) is 2.82. The SMILES string of the molecule is C=CC1(SC(=C)c2ccc(F)cc2)CCCC1(CC)NC. The molecule has 1 saturated carbocycles. The lowest BCUT2D eigenvalue weighted by Crippen LogP contribution is -2.55. The van der Waals surface area contributed by atoms with Crippen molar-refractivity contribution in [3.8, 4) is 0 Å². The number of nitrogens with one attached hydrogen (secondary N) is 1. The van der Waals surface area contributed by atoms with Crippen LogP contribution >= 0.6 is 11.8 Å². The maximum absolute atomic E-state index is 13.1. The van der Waals surface area contributed by atoms with Crippen molar-refractivity contribution < 1.29 is 4.39 Å². The summed E-state index contributed by atoms with van der Waals surface area (Å²) >= 11 is 1.77. The molecule has 0 aromatic heterocycles. The number of halogens is 1. The molecule has 0 heterocycles. The summed E-state index contributed by atoms with van der Waals surface area (Å²) in [5.74, 6) is -0.214. The van der Waals surface area contributed by atoms with Gasteiger partial charge in [-0.1, -0.05) is 31.7 Å².